The van der Waals surface area contributed by atoms with Crippen LogP contribution < -0.4 is 0 Å². The molecule has 0 radical (unpaired) electrons. The predicted octanol–water partition coefficient (Wildman–Crippen LogP) is 4.82. The van der Waals surface area contributed by atoms with Crippen LogP contribution in [0.25, 0.3) is 11.0 Å². The van der Waals surface area contributed by atoms with Crippen molar-refractivity contribution in [3.05, 3.63) is 28.2 Å². The molecule has 2 aromatic rings. The molecule has 0 N–H and O–H groups in total. The number of halogens is 3. The highest BCUT2D eigenvalue weighted by atomic mass is 79.9. The Hall–Kier alpha value is -0.610. The second-order valence-electron chi connectivity index (χ2n) is 4.92. The van der Waals surface area contributed by atoms with E-state index in [1.165, 1.54) is 6.07 Å². The van der Waals surface area contributed by atoms with Crippen LogP contribution in [0.3, 0.4) is 0 Å². The van der Waals surface area contributed by atoms with Gasteiger partial charge in [0.1, 0.15) is 11.6 Å². The normalized spacial score (nSPS) is 12.3. The van der Waals surface area contributed by atoms with Crippen molar-refractivity contribution in [2.45, 2.75) is 38.6 Å². The monoisotopic (exact) mass is 332 g/mol. The number of aromatic nitrogens is 2. The van der Waals surface area contributed by atoms with Gasteiger partial charge in [-0.2, -0.15) is 0 Å². The van der Waals surface area contributed by atoms with Crippen LogP contribution in [0.4, 0.5) is 4.39 Å². The Labute approximate surface area is 119 Å². The van der Waals surface area contributed by atoms with Gasteiger partial charge in [-0.15, -0.1) is 11.6 Å². The molecule has 5 heteroatoms. The molecule has 0 spiro atoms. The van der Waals surface area contributed by atoms with E-state index in [1.54, 1.807) is 6.07 Å². The second kappa shape index (κ2) is 4.82. The molecule has 0 aliphatic rings. The molecule has 1 aromatic carbocycles. The first-order chi connectivity index (χ1) is 8.40. The van der Waals surface area contributed by atoms with Crippen molar-refractivity contribution in [1.29, 1.82) is 0 Å². The molecule has 2 rings (SSSR count). The van der Waals surface area contributed by atoms with Gasteiger partial charge in [0, 0.05) is 11.6 Å². The summed E-state index contributed by atoms with van der Waals surface area (Å²) in [4.78, 5) is 4.48. The molecule has 2 nitrogen and oxygen atoms in total. The number of hydrogen-bond acceptors (Lipinski definition) is 1. The number of rotatable bonds is 3. The molecule has 0 aliphatic carbocycles. The summed E-state index contributed by atoms with van der Waals surface area (Å²) in [5.74, 6) is 0.810. The minimum Gasteiger partial charge on any atom is -0.321 e. The molecule has 98 valence electrons. The molecule has 0 bridgehead atoms. The van der Waals surface area contributed by atoms with E-state index in [4.69, 9.17) is 11.6 Å². The van der Waals surface area contributed by atoms with E-state index < -0.39 is 0 Å². The van der Waals surface area contributed by atoms with Crippen molar-refractivity contribution in [2.75, 3.05) is 0 Å². The molecule has 18 heavy (non-hydrogen) atoms. The molecule has 1 heterocycles. The Bertz CT molecular complexity index is 592. The quantitative estimate of drug-likeness (QED) is 0.736. The summed E-state index contributed by atoms with van der Waals surface area (Å²) in [6.45, 7) is 6.30. The van der Waals surface area contributed by atoms with Gasteiger partial charge in [-0.1, -0.05) is 6.92 Å². The molecule has 0 amide bonds. The standard InChI is InChI=1S/C13H15BrClFN2/c1-4-13(2,3)18-11-6-9(16)8(14)5-10(11)17-12(18)7-15/h5-6H,4,7H2,1-3H3. The highest BCUT2D eigenvalue weighted by Crippen LogP contribution is 2.31. The van der Waals surface area contributed by atoms with Crippen LogP contribution >= 0.6 is 27.5 Å². The van der Waals surface area contributed by atoms with Gasteiger partial charge in [0.15, 0.2) is 0 Å². The number of benzene rings is 1. The van der Waals surface area contributed by atoms with Gasteiger partial charge >= 0.3 is 0 Å². The molecule has 0 atom stereocenters. The second-order valence-corrected chi connectivity index (χ2v) is 6.04. The molecule has 0 fully saturated rings. The highest BCUT2D eigenvalue weighted by Gasteiger charge is 2.24. The van der Waals surface area contributed by atoms with E-state index in [9.17, 15) is 4.39 Å². The van der Waals surface area contributed by atoms with E-state index in [2.05, 4.69) is 41.7 Å². The Balaban J connectivity index is 2.81. The lowest BCUT2D eigenvalue weighted by Gasteiger charge is -2.27. The van der Waals surface area contributed by atoms with E-state index in [0.717, 1.165) is 23.3 Å². The number of fused-ring (bicyclic) bond motifs is 1. The number of alkyl halides is 1. The van der Waals surface area contributed by atoms with Crippen molar-refractivity contribution in [2.24, 2.45) is 0 Å². The van der Waals surface area contributed by atoms with Crippen LogP contribution in [0.15, 0.2) is 16.6 Å². The van der Waals surface area contributed by atoms with Gasteiger partial charge in [0.05, 0.1) is 21.4 Å². The summed E-state index contributed by atoms with van der Waals surface area (Å²) in [7, 11) is 0. The van der Waals surface area contributed by atoms with Crippen molar-refractivity contribution >= 4 is 38.6 Å². The lowest BCUT2D eigenvalue weighted by Crippen LogP contribution is -2.26. The Morgan fingerprint density at radius 1 is 1.44 bits per heavy atom. The van der Waals surface area contributed by atoms with Crippen LogP contribution in [0.5, 0.6) is 0 Å². The van der Waals surface area contributed by atoms with Crippen LogP contribution in [0.2, 0.25) is 0 Å². The maximum atomic E-state index is 13.7. The lowest BCUT2D eigenvalue weighted by atomic mass is 10.0. The van der Waals surface area contributed by atoms with E-state index >= 15 is 0 Å². The molecule has 0 saturated carbocycles. The van der Waals surface area contributed by atoms with Gasteiger partial charge in [0.25, 0.3) is 0 Å². The first-order valence-electron chi connectivity index (χ1n) is 5.83. The minimum absolute atomic E-state index is 0.140. The summed E-state index contributed by atoms with van der Waals surface area (Å²) >= 11 is 9.14. The topological polar surface area (TPSA) is 17.8 Å². The van der Waals surface area contributed by atoms with Crippen molar-refractivity contribution in [3.63, 3.8) is 0 Å². The van der Waals surface area contributed by atoms with E-state index in [1.807, 2.05) is 4.57 Å². The number of nitrogens with zero attached hydrogens (tertiary/aromatic N) is 2. The van der Waals surface area contributed by atoms with Gasteiger partial charge in [-0.25, -0.2) is 9.37 Å². The zero-order valence-electron chi connectivity index (χ0n) is 10.6. The predicted molar refractivity (Wildman–Crippen MR) is 76.6 cm³/mol. The summed E-state index contributed by atoms with van der Waals surface area (Å²) < 4.78 is 16.2. The third-order valence-electron chi connectivity index (χ3n) is 3.36. The van der Waals surface area contributed by atoms with E-state index in [0.29, 0.717) is 10.4 Å². The molecular weight excluding hydrogens is 319 g/mol. The Kier molecular flexibility index (Phi) is 3.70. The fourth-order valence-corrected chi connectivity index (χ4v) is 2.56. The zero-order chi connectivity index (χ0) is 13.5. The van der Waals surface area contributed by atoms with Crippen LogP contribution in [0.1, 0.15) is 33.0 Å². The fraction of sp³-hybridized carbons (Fsp3) is 0.462. The van der Waals surface area contributed by atoms with Gasteiger partial charge in [0.2, 0.25) is 0 Å². The fourth-order valence-electron chi connectivity index (χ4n) is 2.05. The number of imidazole rings is 1. The maximum Gasteiger partial charge on any atom is 0.139 e. The SMILES string of the molecule is CCC(C)(C)n1c(CCl)nc2cc(Br)c(F)cc21. The maximum absolute atomic E-state index is 13.7. The molecule has 1 aromatic heterocycles. The Morgan fingerprint density at radius 2 is 2.11 bits per heavy atom. The van der Waals surface area contributed by atoms with Gasteiger partial charge in [-0.3, -0.25) is 0 Å². The highest BCUT2D eigenvalue weighted by molar-refractivity contribution is 9.10. The lowest BCUT2D eigenvalue weighted by molar-refractivity contribution is 0.344. The molecular formula is C13H15BrClFN2. The summed E-state index contributed by atoms with van der Waals surface area (Å²) in [6, 6.07) is 3.21. The third-order valence-corrected chi connectivity index (χ3v) is 4.20. The summed E-state index contributed by atoms with van der Waals surface area (Å²) in [5.41, 5.74) is 1.41. The first-order valence-corrected chi connectivity index (χ1v) is 7.16. The smallest absolute Gasteiger partial charge is 0.139 e. The minimum atomic E-state index is -0.281. The largest absolute Gasteiger partial charge is 0.321 e. The van der Waals surface area contributed by atoms with E-state index in [-0.39, 0.29) is 11.4 Å². The molecule has 0 saturated heterocycles. The summed E-state index contributed by atoms with van der Waals surface area (Å²) in [5, 5.41) is 0. The van der Waals surface area contributed by atoms with Crippen molar-refractivity contribution < 1.29 is 4.39 Å². The third kappa shape index (κ3) is 2.16. The Morgan fingerprint density at radius 3 is 2.67 bits per heavy atom. The molecule has 0 aliphatic heterocycles. The van der Waals surface area contributed by atoms with Crippen LogP contribution in [-0.2, 0) is 11.4 Å². The van der Waals surface area contributed by atoms with Crippen LogP contribution in [-0.4, -0.2) is 9.55 Å². The average molecular weight is 334 g/mol. The van der Waals surface area contributed by atoms with Crippen molar-refractivity contribution in [3.8, 4) is 0 Å². The molecule has 0 unspecified atom stereocenters. The van der Waals surface area contributed by atoms with Crippen molar-refractivity contribution in [1.82, 2.24) is 9.55 Å². The van der Waals surface area contributed by atoms with Crippen LogP contribution in [0, 0.1) is 5.82 Å². The van der Waals surface area contributed by atoms with Gasteiger partial charge < -0.3 is 4.57 Å². The summed E-state index contributed by atoms with van der Waals surface area (Å²) in [6.07, 6.45) is 0.917. The first kappa shape index (κ1) is 13.8. The average Bonchev–Trinajstić information content (AvgIpc) is 2.68. The number of hydrogen-bond donors (Lipinski definition) is 0. The van der Waals surface area contributed by atoms with Gasteiger partial charge in [-0.05, 0) is 42.3 Å². The zero-order valence-corrected chi connectivity index (χ0v) is 12.9.